The molecule has 0 bridgehead atoms. The molecule has 0 aromatic carbocycles. The van der Waals surface area contributed by atoms with Crippen molar-refractivity contribution < 1.29 is 14.0 Å². The van der Waals surface area contributed by atoms with E-state index in [1.54, 1.807) is 41.1 Å². The summed E-state index contributed by atoms with van der Waals surface area (Å²) in [5.74, 6) is 0.255. The minimum Gasteiger partial charge on any atom is -0.467 e. The van der Waals surface area contributed by atoms with Crippen molar-refractivity contribution in [1.82, 2.24) is 20.0 Å². The van der Waals surface area contributed by atoms with Gasteiger partial charge in [0.25, 0.3) is 11.8 Å². The summed E-state index contributed by atoms with van der Waals surface area (Å²) in [6.07, 6.45) is 8.77. The Kier molecular flexibility index (Phi) is 4.91. The number of aromatic nitrogens is 2. The van der Waals surface area contributed by atoms with E-state index in [0.717, 1.165) is 25.7 Å². The number of nitrogens with zero attached hydrogens (tertiary/aromatic N) is 2. The second kappa shape index (κ2) is 7.65. The molecule has 0 unspecified atom stereocenters. The summed E-state index contributed by atoms with van der Waals surface area (Å²) >= 11 is 0. The molecule has 0 radical (unpaired) electrons. The SMILES string of the molecule is O=C(NC1CCCCC1)c1nc(C(=O)NCc2ccco2)n2ccccc12. The van der Waals surface area contributed by atoms with Crippen LogP contribution in [0, 0.1) is 0 Å². The molecule has 4 rings (SSSR count). The van der Waals surface area contributed by atoms with Crippen LogP contribution in [0.3, 0.4) is 0 Å². The smallest absolute Gasteiger partial charge is 0.288 e. The normalized spacial score (nSPS) is 15.0. The van der Waals surface area contributed by atoms with Crippen LogP contribution in [0.1, 0.15) is 59.0 Å². The zero-order chi connectivity index (χ0) is 18.6. The van der Waals surface area contributed by atoms with Gasteiger partial charge < -0.3 is 15.1 Å². The second-order valence-corrected chi connectivity index (χ2v) is 6.81. The van der Waals surface area contributed by atoms with Gasteiger partial charge in [0.2, 0.25) is 5.82 Å². The predicted molar refractivity (Wildman–Crippen MR) is 99.4 cm³/mol. The first-order valence-corrected chi connectivity index (χ1v) is 9.31. The van der Waals surface area contributed by atoms with Crippen LogP contribution in [-0.4, -0.2) is 27.2 Å². The van der Waals surface area contributed by atoms with Gasteiger partial charge in [-0.2, -0.15) is 0 Å². The van der Waals surface area contributed by atoms with Gasteiger partial charge in [0.1, 0.15) is 5.76 Å². The number of carbonyl (C=O) groups excluding carboxylic acids is 2. The highest BCUT2D eigenvalue weighted by Gasteiger charge is 2.24. The quantitative estimate of drug-likeness (QED) is 0.727. The van der Waals surface area contributed by atoms with Crippen molar-refractivity contribution in [2.75, 3.05) is 0 Å². The number of hydrogen-bond acceptors (Lipinski definition) is 4. The number of nitrogens with one attached hydrogen (secondary N) is 2. The topological polar surface area (TPSA) is 88.6 Å². The Hall–Kier alpha value is -3.09. The fraction of sp³-hybridized carbons (Fsp3) is 0.350. The molecule has 3 heterocycles. The minimum absolute atomic E-state index is 0.183. The van der Waals surface area contributed by atoms with Gasteiger partial charge in [-0.15, -0.1) is 0 Å². The van der Waals surface area contributed by atoms with Gasteiger partial charge in [-0.1, -0.05) is 25.3 Å². The molecule has 0 atom stereocenters. The van der Waals surface area contributed by atoms with Gasteiger partial charge in [-0.25, -0.2) is 4.98 Å². The molecule has 1 fully saturated rings. The zero-order valence-corrected chi connectivity index (χ0v) is 15.0. The van der Waals surface area contributed by atoms with Crippen molar-refractivity contribution >= 4 is 17.3 Å². The summed E-state index contributed by atoms with van der Waals surface area (Å²) in [6.45, 7) is 0.261. The largest absolute Gasteiger partial charge is 0.467 e. The average molecular weight is 366 g/mol. The van der Waals surface area contributed by atoms with Crippen LogP contribution in [0.25, 0.3) is 5.52 Å². The first-order chi connectivity index (χ1) is 13.2. The Morgan fingerprint density at radius 3 is 2.74 bits per heavy atom. The monoisotopic (exact) mass is 366 g/mol. The number of hydrogen-bond donors (Lipinski definition) is 2. The van der Waals surface area contributed by atoms with Crippen LogP contribution < -0.4 is 10.6 Å². The predicted octanol–water partition coefficient (Wildman–Crippen LogP) is 2.92. The Morgan fingerprint density at radius 1 is 1.11 bits per heavy atom. The van der Waals surface area contributed by atoms with Crippen LogP contribution in [0.4, 0.5) is 0 Å². The molecule has 3 aromatic rings. The van der Waals surface area contributed by atoms with Crippen molar-refractivity contribution in [3.63, 3.8) is 0 Å². The second-order valence-electron chi connectivity index (χ2n) is 6.81. The third-order valence-electron chi connectivity index (χ3n) is 4.91. The fourth-order valence-corrected chi connectivity index (χ4v) is 3.53. The Morgan fingerprint density at radius 2 is 1.96 bits per heavy atom. The van der Waals surface area contributed by atoms with Gasteiger partial charge in [0.05, 0.1) is 18.3 Å². The third kappa shape index (κ3) is 3.72. The van der Waals surface area contributed by atoms with Gasteiger partial charge in [0.15, 0.2) is 5.69 Å². The van der Waals surface area contributed by atoms with Gasteiger partial charge in [0, 0.05) is 12.2 Å². The first-order valence-electron chi connectivity index (χ1n) is 9.31. The summed E-state index contributed by atoms with van der Waals surface area (Å²) in [5, 5.41) is 5.85. The Balaban J connectivity index is 1.56. The van der Waals surface area contributed by atoms with Crippen molar-refractivity contribution in [3.05, 3.63) is 60.1 Å². The van der Waals surface area contributed by atoms with E-state index in [1.165, 1.54) is 6.42 Å². The molecular formula is C20H22N4O3. The lowest BCUT2D eigenvalue weighted by Gasteiger charge is -2.22. The average Bonchev–Trinajstić information content (AvgIpc) is 3.35. The van der Waals surface area contributed by atoms with E-state index in [0.29, 0.717) is 11.3 Å². The molecule has 0 spiro atoms. The standard InChI is InChI=1S/C20H22N4O3/c25-19(22-14-7-2-1-3-8-14)17-16-10-4-5-11-24(16)18(23-17)20(26)21-13-15-9-6-12-27-15/h4-6,9-12,14H,1-3,7-8,13H2,(H,21,26)(H,22,25). The van der Waals surface area contributed by atoms with E-state index < -0.39 is 0 Å². The zero-order valence-electron chi connectivity index (χ0n) is 15.0. The minimum atomic E-state index is -0.357. The fourth-order valence-electron chi connectivity index (χ4n) is 3.53. The summed E-state index contributed by atoms with van der Waals surface area (Å²) in [7, 11) is 0. The van der Waals surface area contributed by atoms with E-state index in [4.69, 9.17) is 4.42 Å². The van der Waals surface area contributed by atoms with E-state index in [2.05, 4.69) is 15.6 Å². The summed E-state index contributed by atoms with van der Waals surface area (Å²) in [4.78, 5) is 29.7. The summed E-state index contributed by atoms with van der Waals surface area (Å²) < 4.78 is 6.88. The van der Waals surface area contributed by atoms with Gasteiger partial charge in [-0.05, 0) is 37.1 Å². The molecule has 2 N–H and O–H groups in total. The summed E-state index contributed by atoms with van der Waals surface area (Å²) in [5.41, 5.74) is 0.901. The number of pyridine rings is 1. The highest BCUT2D eigenvalue weighted by Crippen LogP contribution is 2.19. The van der Waals surface area contributed by atoms with Crippen molar-refractivity contribution in [2.24, 2.45) is 0 Å². The molecule has 7 heteroatoms. The van der Waals surface area contributed by atoms with Gasteiger partial charge in [-0.3, -0.25) is 14.0 Å². The molecule has 1 saturated carbocycles. The van der Waals surface area contributed by atoms with E-state index in [-0.39, 0.29) is 35.9 Å². The maximum absolute atomic E-state index is 12.8. The number of carbonyl (C=O) groups is 2. The van der Waals surface area contributed by atoms with Crippen LogP contribution >= 0.6 is 0 Å². The summed E-state index contributed by atoms with van der Waals surface area (Å²) in [6, 6.07) is 9.17. The van der Waals surface area contributed by atoms with Crippen molar-refractivity contribution in [2.45, 2.75) is 44.7 Å². The molecule has 0 saturated heterocycles. The molecule has 1 aliphatic rings. The number of imidazole rings is 1. The lowest BCUT2D eigenvalue weighted by molar-refractivity contribution is 0.0924. The Bertz CT molecular complexity index is 939. The molecule has 27 heavy (non-hydrogen) atoms. The third-order valence-corrected chi connectivity index (χ3v) is 4.91. The van der Waals surface area contributed by atoms with Crippen molar-refractivity contribution in [3.8, 4) is 0 Å². The molecule has 0 aliphatic heterocycles. The highest BCUT2D eigenvalue weighted by molar-refractivity contribution is 6.02. The number of amides is 2. The van der Waals surface area contributed by atoms with Gasteiger partial charge >= 0.3 is 0 Å². The lowest BCUT2D eigenvalue weighted by atomic mass is 9.95. The van der Waals surface area contributed by atoms with Crippen LogP contribution in [0.2, 0.25) is 0 Å². The molecule has 1 aliphatic carbocycles. The molecule has 2 amide bonds. The van der Waals surface area contributed by atoms with E-state index in [9.17, 15) is 9.59 Å². The number of fused-ring (bicyclic) bond motifs is 1. The van der Waals surface area contributed by atoms with Crippen LogP contribution in [0.5, 0.6) is 0 Å². The van der Waals surface area contributed by atoms with E-state index >= 15 is 0 Å². The van der Waals surface area contributed by atoms with Crippen molar-refractivity contribution in [1.29, 1.82) is 0 Å². The van der Waals surface area contributed by atoms with E-state index in [1.807, 2.05) is 6.07 Å². The number of rotatable bonds is 5. The van der Waals surface area contributed by atoms with Crippen LogP contribution in [0.15, 0.2) is 47.2 Å². The molecule has 7 nitrogen and oxygen atoms in total. The molecule has 140 valence electrons. The molecular weight excluding hydrogens is 344 g/mol. The highest BCUT2D eigenvalue weighted by atomic mass is 16.3. The first kappa shape index (κ1) is 17.3. The maximum Gasteiger partial charge on any atom is 0.288 e. The Labute approximate surface area is 156 Å². The lowest BCUT2D eigenvalue weighted by Crippen LogP contribution is -2.36. The van der Waals surface area contributed by atoms with Crippen LogP contribution in [-0.2, 0) is 6.54 Å². The maximum atomic E-state index is 12.8. The number of furan rings is 1. The molecule has 3 aromatic heterocycles.